The summed E-state index contributed by atoms with van der Waals surface area (Å²) in [7, 11) is 0. The van der Waals surface area contributed by atoms with Gasteiger partial charge in [0.25, 0.3) is 0 Å². The molecule has 0 saturated carbocycles. The van der Waals surface area contributed by atoms with E-state index >= 15 is 0 Å². The van der Waals surface area contributed by atoms with Gasteiger partial charge in [-0.3, -0.25) is 4.79 Å². The Morgan fingerprint density at radius 2 is 2.09 bits per heavy atom. The van der Waals surface area contributed by atoms with Crippen molar-refractivity contribution in [2.24, 2.45) is 0 Å². The third-order valence-corrected chi connectivity index (χ3v) is 1.19. The zero-order valence-corrected chi connectivity index (χ0v) is 6.73. The summed E-state index contributed by atoms with van der Waals surface area (Å²) in [6.45, 7) is 1.76. The first-order valence-corrected chi connectivity index (χ1v) is 3.72. The van der Waals surface area contributed by atoms with Gasteiger partial charge in [-0.05, 0) is 25.8 Å². The molecule has 1 N–H and O–H groups in total. The highest BCUT2D eigenvalue weighted by Gasteiger charge is 1.89. The largest absolute Gasteiger partial charge is 0.393 e. The summed E-state index contributed by atoms with van der Waals surface area (Å²) in [5.41, 5.74) is 0. The summed E-state index contributed by atoms with van der Waals surface area (Å²) in [6, 6.07) is 0. The third kappa shape index (κ3) is 9.11. The summed E-state index contributed by atoms with van der Waals surface area (Å²) in [5.74, 6) is 0. The van der Waals surface area contributed by atoms with Crippen molar-refractivity contribution in [3.05, 3.63) is 24.3 Å². The standard InChI is InChI=1S/C9H14O2/c1-9(11)7-5-3-2-4-6-8-10/h2-4,6,8-9,11H,5,7H2,1H3/b3-2+,6-4+. The third-order valence-electron chi connectivity index (χ3n) is 1.19. The topological polar surface area (TPSA) is 37.3 Å². The maximum Gasteiger partial charge on any atom is 0.142 e. The quantitative estimate of drug-likeness (QED) is 0.370. The van der Waals surface area contributed by atoms with Crippen molar-refractivity contribution in [2.45, 2.75) is 25.9 Å². The molecule has 1 atom stereocenters. The number of rotatable bonds is 5. The molecular formula is C9H14O2. The van der Waals surface area contributed by atoms with Gasteiger partial charge in [0.05, 0.1) is 6.10 Å². The van der Waals surface area contributed by atoms with Crippen molar-refractivity contribution in [1.82, 2.24) is 0 Å². The summed E-state index contributed by atoms with van der Waals surface area (Å²) in [6.07, 6.45) is 8.94. The Morgan fingerprint density at radius 3 is 2.64 bits per heavy atom. The van der Waals surface area contributed by atoms with E-state index in [1.54, 1.807) is 19.1 Å². The predicted molar refractivity (Wildman–Crippen MR) is 45.3 cm³/mol. The first kappa shape index (κ1) is 10.1. The van der Waals surface area contributed by atoms with Gasteiger partial charge >= 0.3 is 0 Å². The van der Waals surface area contributed by atoms with Crippen molar-refractivity contribution in [2.75, 3.05) is 0 Å². The fraction of sp³-hybridized carbons (Fsp3) is 0.444. The van der Waals surface area contributed by atoms with E-state index in [2.05, 4.69) is 0 Å². The molecule has 0 aliphatic carbocycles. The van der Waals surface area contributed by atoms with E-state index < -0.39 is 0 Å². The maximum absolute atomic E-state index is 9.79. The number of hydrogen-bond donors (Lipinski definition) is 1. The van der Waals surface area contributed by atoms with E-state index in [0.29, 0.717) is 0 Å². The molecule has 0 aliphatic rings. The lowest BCUT2D eigenvalue weighted by Crippen LogP contribution is -1.96. The van der Waals surface area contributed by atoms with E-state index in [9.17, 15) is 4.79 Å². The van der Waals surface area contributed by atoms with Gasteiger partial charge in [-0.25, -0.2) is 0 Å². The maximum atomic E-state index is 9.79. The number of aldehydes is 1. The Hall–Kier alpha value is -0.890. The van der Waals surface area contributed by atoms with Crippen LogP contribution in [0.2, 0.25) is 0 Å². The van der Waals surface area contributed by atoms with Gasteiger partial charge < -0.3 is 5.11 Å². The fourth-order valence-electron chi connectivity index (χ4n) is 0.622. The first-order chi connectivity index (χ1) is 5.27. The van der Waals surface area contributed by atoms with Crippen molar-refractivity contribution >= 4 is 6.29 Å². The Kier molecular flexibility index (Phi) is 6.64. The molecule has 0 aromatic rings. The van der Waals surface area contributed by atoms with Crippen LogP contribution in [0.1, 0.15) is 19.8 Å². The highest BCUT2D eigenvalue weighted by Crippen LogP contribution is 1.96. The van der Waals surface area contributed by atoms with Crippen LogP contribution < -0.4 is 0 Å². The highest BCUT2D eigenvalue weighted by molar-refractivity contribution is 5.65. The number of allylic oxidation sites excluding steroid dienone is 4. The molecule has 1 unspecified atom stereocenters. The molecule has 0 aromatic carbocycles. The van der Waals surface area contributed by atoms with Crippen LogP contribution >= 0.6 is 0 Å². The summed E-state index contributed by atoms with van der Waals surface area (Å²) in [4.78, 5) is 9.79. The second-order valence-corrected chi connectivity index (χ2v) is 2.38. The second kappa shape index (κ2) is 7.22. The van der Waals surface area contributed by atoms with E-state index in [1.165, 1.54) is 6.08 Å². The van der Waals surface area contributed by atoms with Crippen molar-refractivity contribution < 1.29 is 9.90 Å². The van der Waals surface area contributed by atoms with Crippen LogP contribution in [0.4, 0.5) is 0 Å². The minimum atomic E-state index is -0.241. The van der Waals surface area contributed by atoms with Gasteiger partial charge in [-0.1, -0.05) is 18.2 Å². The number of aliphatic hydroxyl groups excluding tert-OH is 1. The first-order valence-electron chi connectivity index (χ1n) is 3.72. The van der Waals surface area contributed by atoms with Gasteiger partial charge in [-0.2, -0.15) is 0 Å². The molecule has 11 heavy (non-hydrogen) atoms. The minimum Gasteiger partial charge on any atom is -0.393 e. The van der Waals surface area contributed by atoms with E-state index in [4.69, 9.17) is 5.11 Å². The van der Waals surface area contributed by atoms with Gasteiger partial charge in [0.2, 0.25) is 0 Å². The lowest BCUT2D eigenvalue weighted by atomic mass is 10.2. The van der Waals surface area contributed by atoms with Crippen LogP contribution in [0.25, 0.3) is 0 Å². The molecule has 0 bridgehead atoms. The number of carbonyl (C=O) groups is 1. The Labute approximate surface area is 67.2 Å². The van der Waals surface area contributed by atoms with Crippen LogP contribution in [-0.4, -0.2) is 17.5 Å². The molecular weight excluding hydrogens is 140 g/mol. The summed E-state index contributed by atoms with van der Waals surface area (Å²) in [5, 5.41) is 8.85. The van der Waals surface area contributed by atoms with Crippen LogP contribution in [0.15, 0.2) is 24.3 Å². The Morgan fingerprint density at radius 1 is 1.36 bits per heavy atom. The number of aliphatic hydroxyl groups is 1. The summed E-state index contributed by atoms with van der Waals surface area (Å²) >= 11 is 0. The van der Waals surface area contributed by atoms with E-state index in [-0.39, 0.29) is 6.10 Å². The molecule has 0 spiro atoms. The lowest BCUT2D eigenvalue weighted by Gasteiger charge is -1.97. The highest BCUT2D eigenvalue weighted by atomic mass is 16.3. The average Bonchev–Trinajstić information content (AvgIpc) is 1.96. The molecule has 2 heteroatoms. The average molecular weight is 154 g/mol. The molecule has 0 rings (SSSR count). The van der Waals surface area contributed by atoms with Crippen LogP contribution in [0.3, 0.4) is 0 Å². The van der Waals surface area contributed by atoms with Crippen LogP contribution in [0.5, 0.6) is 0 Å². The van der Waals surface area contributed by atoms with Crippen LogP contribution in [-0.2, 0) is 4.79 Å². The summed E-state index contributed by atoms with van der Waals surface area (Å²) < 4.78 is 0. The van der Waals surface area contributed by atoms with Crippen molar-refractivity contribution in [1.29, 1.82) is 0 Å². The fourth-order valence-corrected chi connectivity index (χ4v) is 0.622. The normalized spacial score (nSPS) is 14.4. The molecule has 0 saturated heterocycles. The molecule has 62 valence electrons. The van der Waals surface area contributed by atoms with Crippen molar-refractivity contribution in [3.8, 4) is 0 Å². The Balaban J connectivity index is 3.30. The monoisotopic (exact) mass is 154 g/mol. The number of hydrogen-bond acceptors (Lipinski definition) is 2. The molecule has 0 aromatic heterocycles. The molecule has 0 amide bonds. The van der Waals surface area contributed by atoms with Crippen LogP contribution in [0, 0.1) is 0 Å². The minimum absolute atomic E-state index is 0.241. The molecule has 0 aliphatic heterocycles. The number of carbonyl (C=O) groups excluding carboxylic acids is 1. The Bertz CT molecular complexity index is 146. The van der Waals surface area contributed by atoms with Gasteiger partial charge in [0.1, 0.15) is 6.29 Å². The van der Waals surface area contributed by atoms with Gasteiger partial charge in [0.15, 0.2) is 0 Å². The zero-order valence-electron chi connectivity index (χ0n) is 6.73. The molecule has 0 fully saturated rings. The molecule has 2 nitrogen and oxygen atoms in total. The molecule has 0 heterocycles. The van der Waals surface area contributed by atoms with E-state index in [1.807, 2.05) is 6.08 Å². The van der Waals surface area contributed by atoms with Crippen molar-refractivity contribution in [3.63, 3.8) is 0 Å². The predicted octanol–water partition coefficient (Wildman–Crippen LogP) is 1.46. The second-order valence-electron chi connectivity index (χ2n) is 2.38. The van der Waals surface area contributed by atoms with Gasteiger partial charge in [0, 0.05) is 0 Å². The zero-order chi connectivity index (χ0) is 8.53. The SMILES string of the molecule is CC(O)CC/C=C/C=C/C=O. The van der Waals surface area contributed by atoms with Gasteiger partial charge in [-0.15, -0.1) is 0 Å². The molecule has 0 radical (unpaired) electrons. The smallest absolute Gasteiger partial charge is 0.142 e. The lowest BCUT2D eigenvalue weighted by molar-refractivity contribution is -0.104. The van der Waals surface area contributed by atoms with E-state index in [0.717, 1.165) is 19.1 Å².